The maximum atomic E-state index is 11.1. The first kappa shape index (κ1) is 16.1. The maximum absolute atomic E-state index is 11.1. The zero-order chi connectivity index (χ0) is 14.2. The second kappa shape index (κ2) is 5.23. The highest BCUT2D eigenvalue weighted by molar-refractivity contribution is 7.86. The van der Waals surface area contributed by atoms with E-state index in [-0.39, 0.29) is 17.2 Å². The average molecular weight is 294 g/mol. The molecular formula is C12H26O4SSi. The van der Waals surface area contributed by atoms with E-state index in [4.69, 9.17) is 8.61 Å². The normalized spacial score (nSPS) is 26.6. The lowest BCUT2D eigenvalue weighted by molar-refractivity contribution is 0.158. The molecule has 1 fully saturated rings. The number of hydrogen-bond donors (Lipinski definition) is 0. The SMILES string of the molecule is CC(C)(C)[Si](C)(C)OC1CC[C@@H](OS(C)(=O)=O)C1. The second-order valence-electron chi connectivity index (χ2n) is 6.74. The molecule has 1 saturated carbocycles. The Hall–Kier alpha value is 0.0869. The minimum atomic E-state index is -3.35. The largest absolute Gasteiger partial charge is 0.414 e. The van der Waals surface area contributed by atoms with Crippen LogP contribution < -0.4 is 0 Å². The molecule has 0 saturated heterocycles. The lowest BCUT2D eigenvalue weighted by Crippen LogP contribution is -2.43. The molecule has 2 atom stereocenters. The van der Waals surface area contributed by atoms with Crippen molar-refractivity contribution in [3.8, 4) is 0 Å². The topological polar surface area (TPSA) is 52.6 Å². The zero-order valence-electron chi connectivity index (χ0n) is 12.3. The maximum Gasteiger partial charge on any atom is 0.264 e. The number of rotatable bonds is 4. The molecule has 0 aromatic rings. The lowest BCUT2D eigenvalue weighted by Gasteiger charge is -2.38. The molecule has 0 aromatic carbocycles. The Balaban J connectivity index is 2.54. The summed E-state index contributed by atoms with van der Waals surface area (Å²) in [5.74, 6) is 0. The van der Waals surface area contributed by atoms with Crippen LogP contribution >= 0.6 is 0 Å². The van der Waals surface area contributed by atoms with Gasteiger partial charge in [0.05, 0.1) is 12.4 Å². The van der Waals surface area contributed by atoms with Gasteiger partial charge < -0.3 is 4.43 Å². The summed E-state index contributed by atoms with van der Waals surface area (Å²) in [6.45, 7) is 11.1. The summed E-state index contributed by atoms with van der Waals surface area (Å²) >= 11 is 0. The molecule has 108 valence electrons. The van der Waals surface area contributed by atoms with Crippen molar-refractivity contribution in [1.29, 1.82) is 0 Å². The van der Waals surface area contributed by atoms with Crippen LogP contribution in [-0.4, -0.2) is 35.2 Å². The van der Waals surface area contributed by atoms with E-state index in [0.29, 0.717) is 6.42 Å². The van der Waals surface area contributed by atoms with Gasteiger partial charge in [-0.25, -0.2) is 0 Å². The van der Waals surface area contributed by atoms with E-state index in [2.05, 4.69) is 33.9 Å². The van der Waals surface area contributed by atoms with Crippen molar-refractivity contribution in [2.75, 3.05) is 6.26 Å². The summed E-state index contributed by atoms with van der Waals surface area (Å²) in [5, 5.41) is 0.183. The standard InChI is InChI=1S/C12H26O4SSi/c1-12(2,3)18(5,6)16-11-8-7-10(9-11)15-17(4,13)14/h10-11H,7-9H2,1-6H3/t10-,11?/m1/s1. The van der Waals surface area contributed by atoms with Crippen LogP contribution in [-0.2, 0) is 18.7 Å². The third kappa shape index (κ3) is 4.64. The van der Waals surface area contributed by atoms with Crippen molar-refractivity contribution in [3.05, 3.63) is 0 Å². The van der Waals surface area contributed by atoms with Gasteiger partial charge in [-0.3, -0.25) is 4.18 Å². The molecule has 0 aliphatic heterocycles. The van der Waals surface area contributed by atoms with Gasteiger partial charge in [-0.05, 0) is 37.4 Å². The van der Waals surface area contributed by atoms with Crippen molar-refractivity contribution >= 4 is 18.4 Å². The van der Waals surface area contributed by atoms with E-state index in [9.17, 15) is 8.42 Å². The van der Waals surface area contributed by atoms with Gasteiger partial charge in [0.2, 0.25) is 0 Å². The Bertz CT molecular complexity index is 383. The Morgan fingerprint density at radius 3 is 2.06 bits per heavy atom. The van der Waals surface area contributed by atoms with Crippen LogP contribution in [0.2, 0.25) is 18.1 Å². The van der Waals surface area contributed by atoms with Gasteiger partial charge >= 0.3 is 0 Å². The van der Waals surface area contributed by atoms with Crippen molar-refractivity contribution in [1.82, 2.24) is 0 Å². The predicted octanol–water partition coefficient (Wildman–Crippen LogP) is 2.91. The molecule has 1 aliphatic carbocycles. The third-order valence-corrected chi connectivity index (χ3v) is 9.07. The number of hydrogen-bond acceptors (Lipinski definition) is 4. The molecule has 1 aliphatic rings. The molecule has 6 heteroatoms. The van der Waals surface area contributed by atoms with Crippen molar-refractivity contribution in [2.24, 2.45) is 0 Å². The molecule has 0 N–H and O–H groups in total. The van der Waals surface area contributed by atoms with E-state index in [1.54, 1.807) is 0 Å². The Kier molecular flexibility index (Phi) is 4.69. The molecule has 4 nitrogen and oxygen atoms in total. The molecule has 0 amide bonds. The monoisotopic (exact) mass is 294 g/mol. The van der Waals surface area contributed by atoms with E-state index < -0.39 is 18.4 Å². The van der Waals surface area contributed by atoms with Gasteiger partial charge in [-0.1, -0.05) is 20.8 Å². The lowest BCUT2D eigenvalue weighted by atomic mass is 10.2. The molecule has 1 rings (SSSR count). The summed E-state index contributed by atoms with van der Waals surface area (Å²) < 4.78 is 33.5. The summed E-state index contributed by atoms with van der Waals surface area (Å²) in [7, 11) is -5.11. The van der Waals surface area contributed by atoms with Crippen molar-refractivity contribution < 1.29 is 17.0 Å². The van der Waals surface area contributed by atoms with Gasteiger partial charge in [0.1, 0.15) is 0 Å². The fraction of sp³-hybridized carbons (Fsp3) is 1.00. The Morgan fingerprint density at radius 1 is 1.11 bits per heavy atom. The molecule has 1 unspecified atom stereocenters. The zero-order valence-corrected chi connectivity index (χ0v) is 14.1. The highest BCUT2D eigenvalue weighted by Crippen LogP contribution is 2.39. The smallest absolute Gasteiger partial charge is 0.264 e. The van der Waals surface area contributed by atoms with E-state index >= 15 is 0 Å². The summed E-state index contributed by atoms with van der Waals surface area (Å²) in [4.78, 5) is 0. The first-order valence-electron chi connectivity index (χ1n) is 6.47. The van der Waals surface area contributed by atoms with Crippen LogP contribution in [0.3, 0.4) is 0 Å². The average Bonchev–Trinajstić information content (AvgIpc) is 2.45. The highest BCUT2D eigenvalue weighted by atomic mass is 32.2. The van der Waals surface area contributed by atoms with Crippen LogP contribution in [0.5, 0.6) is 0 Å². The molecule has 0 aromatic heterocycles. The Morgan fingerprint density at radius 2 is 1.61 bits per heavy atom. The minimum Gasteiger partial charge on any atom is -0.414 e. The van der Waals surface area contributed by atoms with Gasteiger partial charge in [0.25, 0.3) is 10.1 Å². The first-order valence-corrected chi connectivity index (χ1v) is 11.2. The van der Waals surface area contributed by atoms with Crippen LogP contribution in [0.25, 0.3) is 0 Å². The fourth-order valence-corrected chi connectivity index (χ4v) is 4.01. The molecule has 0 spiro atoms. The fourth-order valence-electron chi connectivity index (χ4n) is 1.94. The van der Waals surface area contributed by atoms with Gasteiger partial charge in [-0.2, -0.15) is 8.42 Å². The van der Waals surface area contributed by atoms with E-state index in [0.717, 1.165) is 19.1 Å². The molecule has 0 radical (unpaired) electrons. The van der Waals surface area contributed by atoms with Gasteiger partial charge in [-0.15, -0.1) is 0 Å². The quantitative estimate of drug-likeness (QED) is 0.591. The van der Waals surface area contributed by atoms with Crippen LogP contribution in [0.4, 0.5) is 0 Å². The summed E-state index contributed by atoms with van der Waals surface area (Å²) in [5.41, 5.74) is 0. The Labute approximate surface area is 112 Å². The van der Waals surface area contributed by atoms with Crippen LogP contribution in [0.15, 0.2) is 0 Å². The minimum absolute atomic E-state index is 0.151. The molecule has 18 heavy (non-hydrogen) atoms. The van der Waals surface area contributed by atoms with Crippen LogP contribution in [0, 0.1) is 0 Å². The van der Waals surface area contributed by atoms with Crippen LogP contribution in [0.1, 0.15) is 40.0 Å². The second-order valence-corrected chi connectivity index (χ2v) is 13.1. The first-order chi connectivity index (χ1) is 7.91. The van der Waals surface area contributed by atoms with Gasteiger partial charge in [0, 0.05) is 6.10 Å². The molecule has 0 bridgehead atoms. The van der Waals surface area contributed by atoms with Crippen molar-refractivity contribution in [2.45, 2.75) is 70.4 Å². The van der Waals surface area contributed by atoms with E-state index in [1.807, 2.05) is 0 Å². The predicted molar refractivity (Wildman–Crippen MR) is 75.6 cm³/mol. The summed E-state index contributed by atoms with van der Waals surface area (Å²) in [6, 6.07) is 0. The van der Waals surface area contributed by atoms with E-state index in [1.165, 1.54) is 0 Å². The highest BCUT2D eigenvalue weighted by Gasteiger charge is 2.41. The van der Waals surface area contributed by atoms with Crippen molar-refractivity contribution in [3.63, 3.8) is 0 Å². The molecule has 0 heterocycles. The third-order valence-electron chi connectivity index (χ3n) is 3.91. The van der Waals surface area contributed by atoms with Gasteiger partial charge in [0.15, 0.2) is 8.32 Å². The molecular weight excluding hydrogens is 268 g/mol. The summed E-state index contributed by atoms with van der Waals surface area (Å²) in [6.07, 6.45) is 3.42.